The van der Waals surface area contributed by atoms with E-state index in [1.54, 1.807) is 42.5 Å². The van der Waals surface area contributed by atoms with Gasteiger partial charge in [-0.3, -0.25) is 9.59 Å². The summed E-state index contributed by atoms with van der Waals surface area (Å²) in [6, 6.07) is 12.1. The van der Waals surface area contributed by atoms with E-state index in [4.69, 9.17) is 9.47 Å². The molecule has 2 rings (SSSR count). The number of hydrogen-bond acceptors (Lipinski definition) is 4. The smallest absolute Gasteiger partial charge is 0.255 e. The van der Waals surface area contributed by atoms with Gasteiger partial charge in [-0.1, -0.05) is 19.9 Å². The van der Waals surface area contributed by atoms with Crippen LogP contribution in [0.3, 0.4) is 0 Å². The van der Waals surface area contributed by atoms with Crippen LogP contribution in [0.15, 0.2) is 42.5 Å². The molecule has 0 aromatic heterocycles. The highest BCUT2D eigenvalue weighted by Gasteiger charge is 2.11. The van der Waals surface area contributed by atoms with Gasteiger partial charge in [-0.25, -0.2) is 0 Å². The molecule has 0 fully saturated rings. The molecule has 6 heteroatoms. The standard InChI is InChI=1S/C21H26N2O4/c1-4-11-26-19-10-9-18(14-20(19)27-12-5-2)23-21(25)16-7-6-8-17(13-16)22-15(3)24/h6-10,13-14H,4-5,11-12H2,1-3H3,(H,22,24)(H,23,25). The van der Waals surface area contributed by atoms with Crippen LogP contribution in [0, 0.1) is 0 Å². The second-order valence-electron chi connectivity index (χ2n) is 6.07. The Bertz CT molecular complexity index is 790. The summed E-state index contributed by atoms with van der Waals surface area (Å²) in [6.45, 7) is 6.66. The average molecular weight is 370 g/mol. The Morgan fingerprint density at radius 3 is 2.19 bits per heavy atom. The number of carbonyl (C=O) groups is 2. The number of ether oxygens (including phenoxy) is 2. The van der Waals surface area contributed by atoms with Gasteiger partial charge >= 0.3 is 0 Å². The molecule has 144 valence electrons. The van der Waals surface area contributed by atoms with Gasteiger partial charge < -0.3 is 20.1 Å². The summed E-state index contributed by atoms with van der Waals surface area (Å²) in [7, 11) is 0. The molecule has 0 aliphatic carbocycles. The lowest BCUT2D eigenvalue weighted by atomic mass is 10.1. The molecule has 0 aliphatic heterocycles. The number of nitrogens with one attached hydrogen (secondary N) is 2. The summed E-state index contributed by atoms with van der Waals surface area (Å²) in [4.78, 5) is 23.7. The van der Waals surface area contributed by atoms with Crippen LogP contribution in [0.25, 0.3) is 0 Å². The molecular weight excluding hydrogens is 344 g/mol. The Kier molecular flexibility index (Phi) is 7.67. The lowest BCUT2D eigenvalue weighted by Gasteiger charge is -2.14. The van der Waals surface area contributed by atoms with Gasteiger partial charge in [0.1, 0.15) is 0 Å². The normalized spacial score (nSPS) is 10.2. The summed E-state index contributed by atoms with van der Waals surface area (Å²) < 4.78 is 11.5. The monoisotopic (exact) mass is 370 g/mol. The highest BCUT2D eigenvalue weighted by atomic mass is 16.5. The fourth-order valence-electron chi connectivity index (χ4n) is 2.39. The van der Waals surface area contributed by atoms with E-state index in [0.29, 0.717) is 41.7 Å². The van der Waals surface area contributed by atoms with Gasteiger partial charge in [0, 0.05) is 29.9 Å². The molecule has 27 heavy (non-hydrogen) atoms. The van der Waals surface area contributed by atoms with Crippen molar-refractivity contribution in [2.24, 2.45) is 0 Å². The van der Waals surface area contributed by atoms with Crippen LogP contribution >= 0.6 is 0 Å². The van der Waals surface area contributed by atoms with Gasteiger partial charge in [-0.05, 0) is 43.2 Å². The van der Waals surface area contributed by atoms with Crippen molar-refractivity contribution in [3.63, 3.8) is 0 Å². The predicted octanol–water partition coefficient (Wildman–Crippen LogP) is 4.47. The van der Waals surface area contributed by atoms with Crippen LogP contribution < -0.4 is 20.1 Å². The summed E-state index contributed by atoms with van der Waals surface area (Å²) in [5.74, 6) is 0.810. The van der Waals surface area contributed by atoms with Crippen molar-refractivity contribution in [2.75, 3.05) is 23.8 Å². The minimum absolute atomic E-state index is 0.187. The van der Waals surface area contributed by atoms with Gasteiger partial charge in [0.15, 0.2) is 11.5 Å². The van der Waals surface area contributed by atoms with Crippen LogP contribution in [-0.4, -0.2) is 25.0 Å². The Morgan fingerprint density at radius 1 is 0.852 bits per heavy atom. The molecular formula is C21H26N2O4. The van der Waals surface area contributed by atoms with Crippen LogP contribution in [0.2, 0.25) is 0 Å². The van der Waals surface area contributed by atoms with E-state index in [9.17, 15) is 9.59 Å². The SMILES string of the molecule is CCCOc1ccc(NC(=O)c2cccc(NC(C)=O)c2)cc1OCCC. The van der Waals surface area contributed by atoms with Gasteiger partial charge in [-0.15, -0.1) is 0 Å². The molecule has 0 unspecified atom stereocenters. The predicted molar refractivity (Wildman–Crippen MR) is 107 cm³/mol. The van der Waals surface area contributed by atoms with Crippen molar-refractivity contribution in [3.8, 4) is 11.5 Å². The molecule has 0 saturated carbocycles. The number of anilines is 2. The molecule has 6 nitrogen and oxygen atoms in total. The Balaban J connectivity index is 2.15. The van der Waals surface area contributed by atoms with Crippen molar-refractivity contribution in [1.29, 1.82) is 0 Å². The molecule has 0 heterocycles. The summed E-state index contributed by atoms with van der Waals surface area (Å²) >= 11 is 0. The van der Waals surface area contributed by atoms with Gasteiger partial charge in [0.05, 0.1) is 13.2 Å². The maximum Gasteiger partial charge on any atom is 0.255 e. The van der Waals surface area contributed by atoms with Gasteiger partial charge in [0.2, 0.25) is 5.91 Å². The molecule has 0 bridgehead atoms. The highest BCUT2D eigenvalue weighted by Crippen LogP contribution is 2.31. The summed E-state index contributed by atoms with van der Waals surface area (Å²) in [6.07, 6.45) is 1.77. The van der Waals surface area contributed by atoms with E-state index in [0.717, 1.165) is 12.8 Å². The van der Waals surface area contributed by atoms with Crippen LogP contribution in [0.1, 0.15) is 44.0 Å². The molecule has 0 spiro atoms. The number of benzene rings is 2. The highest BCUT2D eigenvalue weighted by molar-refractivity contribution is 6.05. The Hall–Kier alpha value is -3.02. The fourth-order valence-corrected chi connectivity index (χ4v) is 2.39. The molecule has 2 N–H and O–H groups in total. The fraction of sp³-hybridized carbons (Fsp3) is 0.333. The van der Waals surface area contributed by atoms with E-state index in [-0.39, 0.29) is 11.8 Å². The zero-order valence-corrected chi connectivity index (χ0v) is 16.0. The lowest BCUT2D eigenvalue weighted by Crippen LogP contribution is -2.13. The first-order chi connectivity index (χ1) is 13.0. The van der Waals surface area contributed by atoms with Crippen molar-refractivity contribution >= 4 is 23.2 Å². The topological polar surface area (TPSA) is 76.7 Å². The minimum atomic E-state index is -0.272. The first kappa shape index (κ1) is 20.3. The van der Waals surface area contributed by atoms with E-state index in [1.807, 2.05) is 13.8 Å². The van der Waals surface area contributed by atoms with Gasteiger partial charge in [-0.2, -0.15) is 0 Å². The van der Waals surface area contributed by atoms with E-state index in [2.05, 4.69) is 10.6 Å². The summed E-state index contributed by atoms with van der Waals surface area (Å²) in [5, 5.41) is 5.52. The van der Waals surface area contributed by atoms with E-state index < -0.39 is 0 Å². The second-order valence-corrected chi connectivity index (χ2v) is 6.07. The van der Waals surface area contributed by atoms with E-state index in [1.165, 1.54) is 6.92 Å². The quantitative estimate of drug-likeness (QED) is 0.682. The second kappa shape index (κ2) is 10.2. The summed E-state index contributed by atoms with van der Waals surface area (Å²) in [5.41, 5.74) is 1.63. The molecule has 0 saturated heterocycles. The molecule has 0 aliphatic rings. The number of rotatable bonds is 9. The first-order valence-corrected chi connectivity index (χ1v) is 9.12. The Labute approximate surface area is 159 Å². The zero-order chi connectivity index (χ0) is 19.6. The molecule has 2 aromatic rings. The lowest BCUT2D eigenvalue weighted by molar-refractivity contribution is -0.114. The third-order valence-electron chi connectivity index (χ3n) is 3.57. The maximum absolute atomic E-state index is 12.5. The molecule has 2 amide bonds. The van der Waals surface area contributed by atoms with E-state index >= 15 is 0 Å². The molecule has 0 atom stereocenters. The van der Waals surface area contributed by atoms with Crippen LogP contribution in [-0.2, 0) is 4.79 Å². The number of hydrogen-bond donors (Lipinski definition) is 2. The van der Waals surface area contributed by atoms with Gasteiger partial charge in [0.25, 0.3) is 5.91 Å². The van der Waals surface area contributed by atoms with Crippen molar-refractivity contribution in [2.45, 2.75) is 33.6 Å². The molecule has 0 radical (unpaired) electrons. The number of amides is 2. The largest absolute Gasteiger partial charge is 0.490 e. The van der Waals surface area contributed by atoms with Crippen LogP contribution in [0.5, 0.6) is 11.5 Å². The minimum Gasteiger partial charge on any atom is -0.490 e. The van der Waals surface area contributed by atoms with Crippen molar-refractivity contribution < 1.29 is 19.1 Å². The molecule has 2 aromatic carbocycles. The first-order valence-electron chi connectivity index (χ1n) is 9.12. The zero-order valence-electron chi connectivity index (χ0n) is 16.0. The third-order valence-corrected chi connectivity index (χ3v) is 3.57. The number of carbonyl (C=O) groups excluding carboxylic acids is 2. The van der Waals surface area contributed by atoms with Crippen molar-refractivity contribution in [1.82, 2.24) is 0 Å². The average Bonchev–Trinajstić information content (AvgIpc) is 2.65. The van der Waals surface area contributed by atoms with Crippen LogP contribution in [0.4, 0.5) is 11.4 Å². The van der Waals surface area contributed by atoms with Crippen molar-refractivity contribution in [3.05, 3.63) is 48.0 Å². The maximum atomic E-state index is 12.5. The third kappa shape index (κ3) is 6.33. The Morgan fingerprint density at radius 2 is 1.52 bits per heavy atom.